The predicted octanol–water partition coefficient (Wildman–Crippen LogP) is 4.33. The Labute approximate surface area is 131 Å². The van der Waals surface area contributed by atoms with E-state index in [2.05, 4.69) is 47.8 Å². The normalized spacial score (nSPS) is 26.5. The van der Waals surface area contributed by atoms with Crippen LogP contribution in [0.15, 0.2) is 48.5 Å². The molecule has 22 heavy (non-hydrogen) atoms. The van der Waals surface area contributed by atoms with Crippen molar-refractivity contribution in [1.82, 2.24) is 0 Å². The topological polar surface area (TPSA) is 30.5 Å². The minimum atomic E-state index is 0.158. The molecular formula is C19H21NO2. The number of fused-ring (bicyclic) bond motifs is 3. The van der Waals surface area contributed by atoms with Crippen molar-refractivity contribution in [3.05, 3.63) is 59.7 Å². The zero-order chi connectivity index (χ0) is 14.9. The summed E-state index contributed by atoms with van der Waals surface area (Å²) in [6, 6.07) is 17.2. The lowest BCUT2D eigenvalue weighted by atomic mass is 9.77. The molecule has 3 heteroatoms. The fraction of sp³-hybridized carbons (Fsp3) is 0.368. The van der Waals surface area contributed by atoms with Crippen molar-refractivity contribution < 1.29 is 9.47 Å². The molecule has 0 saturated carbocycles. The number of hydrogen-bond donors (Lipinski definition) is 1. The second-order valence-corrected chi connectivity index (χ2v) is 6.05. The number of methoxy groups -OCH3 is 1. The largest absolute Gasteiger partial charge is 0.495 e. The third kappa shape index (κ3) is 2.17. The first-order chi connectivity index (χ1) is 10.9. The van der Waals surface area contributed by atoms with Crippen LogP contribution in [0.2, 0.25) is 0 Å². The Hall–Kier alpha value is -2.00. The molecule has 1 fully saturated rings. The van der Waals surface area contributed by atoms with Crippen LogP contribution in [0.1, 0.15) is 36.1 Å². The molecule has 2 aromatic carbocycles. The fourth-order valence-corrected chi connectivity index (χ4v) is 3.83. The van der Waals surface area contributed by atoms with Gasteiger partial charge in [-0.3, -0.25) is 0 Å². The second kappa shape index (κ2) is 5.65. The van der Waals surface area contributed by atoms with Crippen molar-refractivity contribution in [3.8, 4) is 5.75 Å². The van der Waals surface area contributed by atoms with Gasteiger partial charge < -0.3 is 14.8 Å². The lowest BCUT2D eigenvalue weighted by Crippen LogP contribution is -2.36. The van der Waals surface area contributed by atoms with Gasteiger partial charge in [0.15, 0.2) is 0 Å². The van der Waals surface area contributed by atoms with E-state index < -0.39 is 0 Å². The monoisotopic (exact) mass is 295 g/mol. The predicted molar refractivity (Wildman–Crippen MR) is 87.2 cm³/mol. The van der Waals surface area contributed by atoms with Crippen LogP contribution in [0.4, 0.5) is 5.69 Å². The number of ether oxygens (including phenoxy) is 2. The van der Waals surface area contributed by atoms with Gasteiger partial charge >= 0.3 is 0 Å². The highest BCUT2D eigenvalue weighted by Crippen LogP contribution is 2.51. The standard InChI is InChI=1S/C19H21NO2/c1-21-16-11-5-9-15-18(16)20-17(13-7-3-2-4-8-13)14-10-6-12-22-19(14)15/h2-5,7-9,11,14,17,19-20H,6,10,12H2,1H3/t14-,17-,19-/m0/s1. The van der Waals surface area contributed by atoms with E-state index >= 15 is 0 Å². The SMILES string of the molecule is COc1cccc2c1N[C@@H](c1ccccc1)[C@@H]1CCCO[C@H]21. The van der Waals surface area contributed by atoms with E-state index in [1.807, 2.05) is 6.07 Å². The molecule has 2 heterocycles. The van der Waals surface area contributed by atoms with Gasteiger partial charge in [-0.25, -0.2) is 0 Å². The molecule has 4 rings (SSSR count). The van der Waals surface area contributed by atoms with E-state index in [1.54, 1.807) is 7.11 Å². The minimum Gasteiger partial charge on any atom is -0.495 e. The molecule has 2 aliphatic heterocycles. The maximum Gasteiger partial charge on any atom is 0.142 e. The molecule has 0 radical (unpaired) electrons. The van der Waals surface area contributed by atoms with E-state index in [1.165, 1.54) is 17.5 Å². The fourth-order valence-electron chi connectivity index (χ4n) is 3.83. The average Bonchev–Trinajstić information content (AvgIpc) is 2.61. The Morgan fingerprint density at radius 3 is 2.77 bits per heavy atom. The number of hydrogen-bond acceptors (Lipinski definition) is 3. The zero-order valence-electron chi connectivity index (χ0n) is 12.8. The van der Waals surface area contributed by atoms with Gasteiger partial charge in [0.2, 0.25) is 0 Å². The van der Waals surface area contributed by atoms with Gasteiger partial charge in [0.25, 0.3) is 0 Å². The summed E-state index contributed by atoms with van der Waals surface area (Å²) in [5.74, 6) is 1.36. The van der Waals surface area contributed by atoms with E-state index in [9.17, 15) is 0 Å². The quantitative estimate of drug-likeness (QED) is 0.894. The number of nitrogens with one attached hydrogen (secondary N) is 1. The Kier molecular flexibility index (Phi) is 3.51. The maximum atomic E-state index is 6.16. The van der Waals surface area contributed by atoms with Crippen LogP contribution in [-0.4, -0.2) is 13.7 Å². The first-order valence-electron chi connectivity index (χ1n) is 7.98. The Morgan fingerprint density at radius 2 is 1.95 bits per heavy atom. The van der Waals surface area contributed by atoms with Crippen molar-refractivity contribution in [2.24, 2.45) is 5.92 Å². The van der Waals surface area contributed by atoms with Gasteiger partial charge in [0, 0.05) is 18.1 Å². The van der Waals surface area contributed by atoms with E-state index in [0.717, 1.165) is 24.5 Å². The van der Waals surface area contributed by atoms with Gasteiger partial charge in [0.1, 0.15) is 5.75 Å². The average molecular weight is 295 g/mol. The summed E-state index contributed by atoms with van der Waals surface area (Å²) in [4.78, 5) is 0. The van der Waals surface area contributed by atoms with Crippen molar-refractivity contribution >= 4 is 5.69 Å². The lowest BCUT2D eigenvalue weighted by molar-refractivity contribution is -0.0382. The summed E-state index contributed by atoms with van der Waals surface area (Å²) in [5.41, 5.74) is 3.64. The van der Waals surface area contributed by atoms with Gasteiger partial charge in [-0.2, -0.15) is 0 Å². The number of anilines is 1. The highest BCUT2D eigenvalue weighted by atomic mass is 16.5. The summed E-state index contributed by atoms with van der Waals surface area (Å²) < 4.78 is 11.7. The molecule has 3 nitrogen and oxygen atoms in total. The molecular weight excluding hydrogens is 274 g/mol. The van der Waals surface area contributed by atoms with Crippen molar-refractivity contribution in [1.29, 1.82) is 0 Å². The minimum absolute atomic E-state index is 0.158. The first kappa shape index (κ1) is 13.6. The Morgan fingerprint density at radius 1 is 1.09 bits per heavy atom. The molecule has 0 aliphatic carbocycles. The van der Waals surface area contributed by atoms with E-state index in [-0.39, 0.29) is 12.1 Å². The highest BCUT2D eigenvalue weighted by molar-refractivity contribution is 5.66. The Bertz CT molecular complexity index is 656. The summed E-state index contributed by atoms with van der Waals surface area (Å²) in [6.45, 7) is 0.847. The number of benzene rings is 2. The maximum absolute atomic E-state index is 6.16. The second-order valence-electron chi connectivity index (χ2n) is 6.05. The molecule has 1 saturated heterocycles. The molecule has 2 aromatic rings. The summed E-state index contributed by atoms with van der Waals surface area (Å²) in [6.07, 6.45) is 2.48. The van der Waals surface area contributed by atoms with E-state index in [0.29, 0.717) is 5.92 Å². The molecule has 0 spiro atoms. The third-order valence-electron chi connectivity index (χ3n) is 4.84. The summed E-state index contributed by atoms with van der Waals surface area (Å²) in [5, 5.41) is 3.73. The van der Waals surface area contributed by atoms with Crippen LogP contribution in [0.3, 0.4) is 0 Å². The smallest absolute Gasteiger partial charge is 0.142 e. The number of rotatable bonds is 2. The lowest BCUT2D eigenvalue weighted by Gasteiger charge is -2.43. The molecule has 114 valence electrons. The number of para-hydroxylation sites is 1. The molecule has 0 bridgehead atoms. The van der Waals surface area contributed by atoms with Crippen molar-refractivity contribution in [2.45, 2.75) is 25.0 Å². The van der Waals surface area contributed by atoms with Crippen LogP contribution in [-0.2, 0) is 4.74 Å². The molecule has 0 amide bonds. The van der Waals surface area contributed by atoms with Crippen LogP contribution >= 0.6 is 0 Å². The third-order valence-corrected chi connectivity index (χ3v) is 4.84. The van der Waals surface area contributed by atoms with Crippen LogP contribution in [0.5, 0.6) is 5.75 Å². The highest BCUT2D eigenvalue weighted by Gasteiger charge is 2.40. The summed E-state index contributed by atoms with van der Waals surface area (Å²) in [7, 11) is 1.72. The molecule has 2 aliphatic rings. The van der Waals surface area contributed by atoms with Gasteiger partial charge in [0.05, 0.1) is 24.9 Å². The molecule has 0 unspecified atom stereocenters. The molecule has 1 N–H and O–H groups in total. The van der Waals surface area contributed by atoms with E-state index in [4.69, 9.17) is 9.47 Å². The summed E-state index contributed by atoms with van der Waals surface area (Å²) >= 11 is 0. The Balaban J connectivity index is 1.81. The zero-order valence-corrected chi connectivity index (χ0v) is 12.8. The van der Waals surface area contributed by atoms with Crippen LogP contribution < -0.4 is 10.1 Å². The van der Waals surface area contributed by atoms with Gasteiger partial charge in [-0.05, 0) is 24.5 Å². The van der Waals surface area contributed by atoms with Crippen molar-refractivity contribution in [2.75, 3.05) is 19.0 Å². The van der Waals surface area contributed by atoms with Gasteiger partial charge in [-0.1, -0.05) is 42.5 Å². The first-order valence-corrected chi connectivity index (χ1v) is 7.98. The van der Waals surface area contributed by atoms with Gasteiger partial charge in [-0.15, -0.1) is 0 Å². The molecule has 0 aromatic heterocycles. The van der Waals surface area contributed by atoms with Crippen molar-refractivity contribution in [3.63, 3.8) is 0 Å². The van der Waals surface area contributed by atoms with Crippen LogP contribution in [0.25, 0.3) is 0 Å². The molecule has 3 atom stereocenters. The van der Waals surface area contributed by atoms with Crippen LogP contribution in [0, 0.1) is 5.92 Å².